The summed E-state index contributed by atoms with van der Waals surface area (Å²) in [5.74, 6) is 0.680. The molecule has 0 spiro atoms. The molecule has 5 nitrogen and oxygen atoms in total. The summed E-state index contributed by atoms with van der Waals surface area (Å²) in [6.07, 6.45) is 6.52. The van der Waals surface area contributed by atoms with Gasteiger partial charge in [-0.3, -0.25) is 4.79 Å². The Labute approximate surface area is 184 Å². The molecule has 154 valence electrons. The molecule has 0 saturated heterocycles. The zero-order valence-electron chi connectivity index (χ0n) is 17.5. The minimum absolute atomic E-state index is 0.147. The van der Waals surface area contributed by atoms with Gasteiger partial charge in [0, 0.05) is 39.6 Å². The fraction of sp³-hybridized carbons (Fsp3) is 0.292. The molecule has 0 saturated carbocycles. The molecule has 6 heteroatoms. The van der Waals surface area contributed by atoms with Gasteiger partial charge in [-0.2, -0.15) is 9.78 Å². The van der Waals surface area contributed by atoms with Crippen LogP contribution in [-0.2, 0) is 6.42 Å². The zero-order valence-corrected chi connectivity index (χ0v) is 19.1. The van der Waals surface area contributed by atoms with Crippen molar-refractivity contribution in [1.29, 1.82) is 0 Å². The molecule has 0 aliphatic carbocycles. The Balaban J connectivity index is 1.87. The summed E-state index contributed by atoms with van der Waals surface area (Å²) < 4.78 is 4.58. The van der Waals surface area contributed by atoms with Crippen LogP contribution in [-0.4, -0.2) is 20.4 Å². The summed E-state index contributed by atoms with van der Waals surface area (Å²) >= 11 is 3.45. The molecule has 4 rings (SSSR count). The molecule has 2 heterocycles. The van der Waals surface area contributed by atoms with E-state index >= 15 is 0 Å². The third-order valence-corrected chi connectivity index (χ3v) is 5.99. The van der Waals surface area contributed by atoms with Gasteiger partial charge in [0.15, 0.2) is 0 Å². The third-order valence-electron chi connectivity index (χ3n) is 5.50. The second-order valence-corrected chi connectivity index (χ2v) is 8.48. The van der Waals surface area contributed by atoms with Crippen LogP contribution in [0.4, 0.5) is 0 Å². The summed E-state index contributed by atoms with van der Waals surface area (Å²) in [6.45, 7) is 6.47. The fourth-order valence-electron chi connectivity index (χ4n) is 3.72. The standard InChI is InChI=1S/C24H25BrN4O/c1-4-8-23-27-21-12-11-18(25)13-20(21)24(30)29(23)26-14-17-15-28(16(3)5-2)22-10-7-6-9-19(17)22/h6-7,9-16H,4-5,8H2,1-3H3/t16-/m1/s1. The predicted molar refractivity (Wildman–Crippen MR) is 128 cm³/mol. The summed E-state index contributed by atoms with van der Waals surface area (Å²) in [4.78, 5) is 17.9. The smallest absolute Gasteiger partial charge is 0.282 e. The second-order valence-electron chi connectivity index (χ2n) is 7.57. The van der Waals surface area contributed by atoms with Crippen LogP contribution in [0.5, 0.6) is 0 Å². The lowest BCUT2D eigenvalue weighted by atomic mass is 10.2. The molecule has 2 aromatic heterocycles. The molecule has 0 bridgehead atoms. The Bertz CT molecular complexity index is 1300. The lowest BCUT2D eigenvalue weighted by molar-refractivity contribution is 0.548. The monoisotopic (exact) mass is 464 g/mol. The van der Waals surface area contributed by atoms with E-state index in [1.54, 1.807) is 12.3 Å². The zero-order chi connectivity index (χ0) is 21.3. The van der Waals surface area contributed by atoms with Gasteiger partial charge in [-0.15, -0.1) is 0 Å². The molecule has 4 aromatic rings. The minimum Gasteiger partial charge on any atom is -0.344 e. The molecule has 1 atom stereocenters. The fourth-order valence-corrected chi connectivity index (χ4v) is 4.08. The molecule has 0 aliphatic rings. The number of fused-ring (bicyclic) bond motifs is 2. The first-order valence-electron chi connectivity index (χ1n) is 10.4. The third kappa shape index (κ3) is 3.72. The van der Waals surface area contributed by atoms with Crippen molar-refractivity contribution in [3.8, 4) is 0 Å². The van der Waals surface area contributed by atoms with Crippen LogP contribution in [0.1, 0.15) is 51.0 Å². The average Bonchev–Trinajstić information content (AvgIpc) is 3.12. The van der Waals surface area contributed by atoms with Gasteiger partial charge >= 0.3 is 0 Å². The summed E-state index contributed by atoms with van der Waals surface area (Å²) in [5.41, 5.74) is 2.72. The highest BCUT2D eigenvalue weighted by Crippen LogP contribution is 2.25. The van der Waals surface area contributed by atoms with Gasteiger partial charge < -0.3 is 4.57 Å². The highest BCUT2D eigenvalue weighted by molar-refractivity contribution is 9.10. The lowest BCUT2D eigenvalue weighted by Gasteiger charge is -2.12. The van der Waals surface area contributed by atoms with Gasteiger partial charge in [-0.05, 0) is 44.0 Å². The van der Waals surface area contributed by atoms with Crippen molar-refractivity contribution in [2.24, 2.45) is 5.10 Å². The number of rotatable bonds is 6. The maximum Gasteiger partial charge on any atom is 0.282 e. The maximum absolute atomic E-state index is 13.2. The van der Waals surface area contributed by atoms with Gasteiger partial charge in [0.05, 0.1) is 17.1 Å². The Kier molecular flexibility index (Phi) is 5.86. The van der Waals surface area contributed by atoms with E-state index in [1.807, 2.05) is 18.2 Å². The van der Waals surface area contributed by atoms with E-state index < -0.39 is 0 Å². The number of hydrogen-bond donors (Lipinski definition) is 0. The van der Waals surface area contributed by atoms with Crippen LogP contribution < -0.4 is 5.56 Å². The van der Waals surface area contributed by atoms with Crippen LogP contribution in [0.3, 0.4) is 0 Å². The Hall–Kier alpha value is -2.73. The number of halogens is 1. The van der Waals surface area contributed by atoms with Crippen molar-refractivity contribution in [3.05, 3.63) is 74.9 Å². The van der Waals surface area contributed by atoms with E-state index in [0.717, 1.165) is 28.3 Å². The van der Waals surface area contributed by atoms with Crippen molar-refractivity contribution < 1.29 is 0 Å². The summed E-state index contributed by atoms with van der Waals surface area (Å²) in [6, 6.07) is 14.3. The second kappa shape index (κ2) is 8.56. The molecular weight excluding hydrogens is 440 g/mol. The van der Waals surface area contributed by atoms with Crippen molar-refractivity contribution in [2.75, 3.05) is 0 Å². The first kappa shape index (κ1) is 20.5. The number of hydrogen-bond acceptors (Lipinski definition) is 3. The van der Waals surface area contributed by atoms with Crippen molar-refractivity contribution in [2.45, 2.75) is 46.1 Å². The van der Waals surface area contributed by atoms with Gasteiger partial charge in [-0.25, -0.2) is 4.98 Å². The van der Waals surface area contributed by atoms with E-state index in [0.29, 0.717) is 29.2 Å². The highest BCUT2D eigenvalue weighted by atomic mass is 79.9. The van der Waals surface area contributed by atoms with E-state index in [2.05, 4.69) is 70.8 Å². The number of benzene rings is 2. The van der Waals surface area contributed by atoms with Crippen molar-refractivity contribution in [1.82, 2.24) is 14.2 Å². The van der Waals surface area contributed by atoms with E-state index in [4.69, 9.17) is 4.98 Å². The van der Waals surface area contributed by atoms with E-state index in [9.17, 15) is 4.79 Å². The molecule has 0 aliphatic heterocycles. The SMILES string of the molecule is CCCc1nc2ccc(Br)cc2c(=O)n1N=Cc1cn([C@H](C)CC)c2ccccc12. The minimum atomic E-state index is -0.147. The number of aromatic nitrogens is 3. The highest BCUT2D eigenvalue weighted by Gasteiger charge is 2.13. The van der Waals surface area contributed by atoms with Gasteiger partial charge in [0.25, 0.3) is 5.56 Å². The average molecular weight is 465 g/mol. The van der Waals surface area contributed by atoms with Crippen LogP contribution in [0.25, 0.3) is 21.8 Å². The van der Waals surface area contributed by atoms with E-state index in [1.165, 1.54) is 10.2 Å². The van der Waals surface area contributed by atoms with Crippen LogP contribution in [0.15, 0.2) is 63.0 Å². The predicted octanol–water partition coefficient (Wildman–Crippen LogP) is 5.92. The molecular formula is C24H25BrN4O. The van der Waals surface area contributed by atoms with Crippen LogP contribution in [0.2, 0.25) is 0 Å². The Morgan fingerprint density at radius 2 is 1.97 bits per heavy atom. The van der Waals surface area contributed by atoms with Crippen molar-refractivity contribution in [3.63, 3.8) is 0 Å². The number of aryl methyl sites for hydroxylation is 1. The number of nitrogens with zero attached hydrogens (tertiary/aromatic N) is 4. The molecule has 0 amide bonds. The molecule has 2 aromatic carbocycles. The Morgan fingerprint density at radius 1 is 1.17 bits per heavy atom. The lowest BCUT2D eigenvalue weighted by Crippen LogP contribution is -2.22. The summed E-state index contributed by atoms with van der Waals surface area (Å²) in [5, 5.41) is 6.30. The Morgan fingerprint density at radius 3 is 2.73 bits per heavy atom. The summed E-state index contributed by atoms with van der Waals surface area (Å²) in [7, 11) is 0. The van der Waals surface area contributed by atoms with Gasteiger partial charge in [-0.1, -0.05) is 48.0 Å². The molecule has 30 heavy (non-hydrogen) atoms. The number of para-hydroxylation sites is 1. The normalized spacial score (nSPS) is 12.9. The largest absolute Gasteiger partial charge is 0.344 e. The van der Waals surface area contributed by atoms with E-state index in [-0.39, 0.29) is 5.56 Å². The first-order valence-corrected chi connectivity index (χ1v) is 11.2. The first-order chi connectivity index (χ1) is 14.5. The molecule has 0 fully saturated rings. The quantitative estimate of drug-likeness (QED) is 0.332. The maximum atomic E-state index is 13.2. The molecule has 0 N–H and O–H groups in total. The van der Waals surface area contributed by atoms with Crippen LogP contribution in [0, 0.1) is 0 Å². The van der Waals surface area contributed by atoms with Gasteiger partial charge in [0.2, 0.25) is 0 Å². The van der Waals surface area contributed by atoms with Crippen LogP contribution >= 0.6 is 15.9 Å². The molecule has 0 radical (unpaired) electrons. The molecule has 0 unspecified atom stereocenters. The topological polar surface area (TPSA) is 52.2 Å². The van der Waals surface area contributed by atoms with Gasteiger partial charge in [0.1, 0.15) is 5.82 Å². The van der Waals surface area contributed by atoms with Crippen molar-refractivity contribution >= 4 is 44.0 Å².